The van der Waals surface area contributed by atoms with Crippen LogP contribution < -0.4 is 5.32 Å². The van der Waals surface area contributed by atoms with Crippen LogP contribution in [0.1, 0.15) is 27.4 Å². The maximum Gasteiger partial charge on any atom is 0.257 e. The highest BCUT2D eigenvalue weighted by Crippen LogP contribution is 2.11. The summed E-state index contributed by atoms with van der Waals surface area (Å²) in [5.41, 5.74) is 2.02. The van der Waals surface area contributed by atoms with E-state index in [9.17, 15) is 4.79 Å². The zero-order valence-electron chi connectivity index (χ0n) is 9.07. The van der Waals surface area contributed by atoms with E-state index in [1.807, 2.05) is 0 Å². The van der Waals surface area contributed by atoms with Gasteiger partial charge in [0.05, 0.1) is 11.9 Å². The molecule has 0 saturated heterocycles. The largest absolute Gasteiger partial charge is 0.361 e. The Bertz CT molecular complexity index is 467. The molecule has 0 saturated carbocycles. The van der Waals surface area contributed by atoms with Gasteiger partial charge in [-0.15, -0.1) is 0 Å². The van der Waals surface area contributed by atoms with Crippen LogP contribution in [-0.2, 0) is 6.54 Å². The van der Waals surface area contributed by atoms with Crippen LogP contribution in [0.2, 0.25) is 0 Å². The van der Waals surface area contributed by atoms with Crippen LogP contribution in [0.3, 0.4) is 0 Å². The zero-order valence-corrected chi connectivity index (χ0v) is 9.07. The molecular weight excluding hydrogens is 208 g/mol. The van der Waals surface area contributed by atoms with E-state index in [1.54, 1.807) is 26.2 Å². The second-order valence-corrected chi connectivity index (χ2v) is 3.49. The quantitative estimate of drug-likeness (QED) is 0.806. The number of H-pyrrole nitrogens is 1. The number of nitrogens with one attached hydrogen (secondary N) is 2. The average molecular weight is 220 g/mol. The van der Waals surface area contributed by atoms with Crippen LogP contribution in [0.4, 0.5) is 0 Å². The van der Waals surface area contributed by atoms with Crippen LogP contribution in [0.15, 0.2) is 16.9 Å². The van der Waals surface area contributed by atoms with Crippen LogP contribution in [0, 0.1) is 13.8 Å². The minimum absolute atomic E-state index is 0.183. The highest BCUT2D eigenvalue weighted by molar-refractivity contribution is 5.95. The molecule has 16 heavy (non-hydrogen) atoms. The number of amides is 1. The Hall–Kier alpha value is -2.11. The van der Waals surface area contributed by atoms with E-state index >= 15 is 0 Å². The Morgan fingerprint density at radius 1 is 1.56 bits per heavy atom. The van der Waals surface area contributed by atoms with Crippen molar-refractivity contribution in [3.05, 3.63) is 35.0 Å². The number of nitrogens with zero attached hydrogens (tertiary/aromatic N) is 2. The van der Waals surface area contributed by atoms with Gasteiger partial charge in [0.2, 0.25) is 0 Å². The van der Waals surface area contributed by atoms with Gasteiger partial charge in [0, 0.05) is 18.3 Å². The van der Waals surface area contributed by atoms with Crippen molar-refractivity contribution in [1.29, 1.82) is 0 Å². The number of carbonyl (C=O) groups excluding carboxylic acids is 1. The van der Waals surface area contributed by atoms with Crippen LogP contribution in [-0.4, -0.2) is 21.3 Å². The Kier molecular flexibility index (Phi) is 2.72. The molecule has 0 aliphatic carbocycles. The van der Waals surface area contributed by atoms with Crippen LogP contribution in [0.25, 0.3) is 0 Å². The summed E-state index contributed by atoms with van der Waals surface area (Å²) in [5, 5.41) is 13.0. The predicted molar refractivity (Wildman–Crippen MR) is 55.7 cm³/mol. The molecule has 0 fully saturated rings. The smallest absolute Gasteiger partial charge is 0.257 e. The molecule has 0 atom stereocenters. The highest BCUT2D eigenvalue weighted by atomic mass is 16.5. The van der Waals surface area contributed by atoms with Crippen molar-refractivity contribution in [3.63, 3.8) is 0 Å². The standard InChI is InChI=1S/C10H12N4O2/c1-6-9(7(2)16-14-6)10(15)11-3-8-4-12-13-5-8/h4-5H,3H2,1-2H3,(H,11,15)(H,12,13). The second-order valence-electron chi connectivity index (χ2n) is 3.49. The van der Waals surface area contributed by atoms with Crippen LogP contribution >= 0.6 is 0 Å². The number of hydrogen-bond acceptors (Lipinski definition) is 4. The highest BCUT2D eigenvalue weighted by Gasteiger charge is 2.16. The van der Waals surface area contributed by atoms with E-state index in [0.29, 0.717) is 23.6 Å². The van der Waals surface area contributed by atoms with Crippen molar-refractivity contribution in [2.75, 3.05) is 0 Å². The van der Waals surface area contributed by atoms with E-state index in [2.05, 4.69) is 20.7 Å². The van der Waals surface area contributed by atoms with Gasteiger partial charge < -0.3 is 9.84 Å². The number of rotatable bonds is 3. The van der Waals surface area contributed by atoms with E-state index in [-0.39, 0.29) is 5.91 Å². The van der Waals surface area contributed by atoms with Crippen molar-refractivity contribution in [3.8, 4) is 0 Å². The predicted octanol–water partition coefficient (Wildman–Crippen LogP) is 0.945. The molecule has 0 aliphatic heterocycles. The third-order valence-corrected chi connectivity index (χ3v) is 2.27. The fraction of sp³-hybridized carbons (Fsp3) is 0.300. The van der Waals surface area contributed by atoms with Crippen molar-refractivity contribution < 1.29 is 9.32 Å². The molecule has 0 unspecified atom stereocenters. The first kappa shape index (κ1) is 10.4. The lowest BCUT2D eigenvalue weighted by Gasteiger charge is -2.02. The monoisotopic (exact) mass is 220 g/mol. The molecule has 2 N–H and O–H groups in total. The summed E-state index contributed by atoms with van der Waals surface area (Å²) < 4.78 is 4.92. The van der Waals surface area contributed by atoms with Crippen LogP contribution in [0.5, 0.6) is 0 Å². The minimum Gasteiger partial charge on any atom is -0.361 e. The number of carbonyl (C=O) groups is 1. The van der Waals surface area contributed by atoms with Gasteiger partial charge in [0.25, 0.3) is 5.91 Å². The maximum atomic E-state index is 11.8. The fourth-order valence-corrected chi connectivity index (χ4v) is 1.45. The molecule has 84 valence electrons. The molecule has 2 aromatic rings. The fourth-order valence-electron chi connectivity index (χ4n) is 1.45. The second kappa shape index (κ2) is 4.18. The first-order valence-electron chi connectivity index (χ1n) is 4.87. The SMILES string of the molecule is Cc1noc(C)c1C(=O)NCc1cn[nH]c1. The number of aromatic amines is 1. The molecule has 6 nitrogen and oxygen atoms in total. The summed E-state index contributed by atoms with van der Waals surface area (Å²) in [6.45, 7) is 3.88. The third-order valence-electron chi connectivity index (χ3n) is 2.27. The summed E-state index contributed by atoms with van der Waals surface area (Å²) in [4.78, 5) is 11.8. The van der Waals surface area contributed by atoms with Gasteiger partial charge >= 0.3 is 0 Å². The molecule has 0 bridgehead atoms. The van der Waals surface area contributed by atoms with Gasteiger partial charge in [-0.25, -0.2) is 0 Å². The van der Waals surface area contributed by atoms with Gasteiger partial charge in [0.15, 0.2) is 0 Å². The van der Waals surface area contributed by atoms with E-state index in [4.69, 9.17) is 4.52 Å². The summed E-state index contributed by atoms with van der Waals surface area (Å²) >= 11 is 0. The van der Waals surface area contributed by atoms with E-state index < -0.39 is 0 Å². The molecule has 2 aromatic heterocycles. The summed E-state index contributed by atoms with van der Waals surface area (Å²) in [6.07, 6.45) is 3.39. The van der Waals surface area contributed by atoms with Gasteiger partial charge in [-0.2, -0.15) is 5.10 Å². The van der Waals surface area contributed by atoms with Crippen molar-refractivity contribution in [2.24, 2.45) is 0 Å². The Morgan fingerprint density at radius 2 is 2.38 bits per heavy atom. The van der Waals surface area contributed by atoms with E-state index in [0.717, 1.165) is 5.56 Å². The first-order valence-corrected chi connectivity index (χ1v) is 4.87. The molecule has 1 amide bonds. The Morgan fingerprint density at radius 3 is 2.94 bits per heavy atom. The number of aryl methyl sites for hydroxylation is 2. The average Bonchev–Trinajstić information content (AvgIpc) is 2.86. The Balaban J connectivity index is 2.04. The third kappa shape index (κ3) is 1.95. The summed E-state index contributed by atoms with van der Waals surface area (Å²) in [7, 11) is 0. The lowest BCUT2D eigenvalue weighted by molar-refractivity contribution is 0.0949. The normalized spacial score (nSPS) is 10.4. The number of aromatic nitrogens is 3. The van der Waals surface area contributed by atoms with Gasteiger partial charge in [-0.1, -0.05) is 5.16 Å². The Labute approximate surface area is 92.0 Å². The van der Waals surface area contributed by atoms with Crippen molar-refractivity contribution in [1.82, 2.24) is 20.7 Å². The lowest BCUT2D eigenvalue weighted by atomic mass is 10.2. The topological polar surface area (TPSA) is 83.8 Å². The molecule has 0 spiro atoms. The van der Waals surface area contributed by atoms with Gasteiger partial charge in [-0.3, -0.25) is 9.89 Å². The lowest BCUT2D eigenvalue weighted by Crippen LogP contribution is -2.23. The molecule has 2 rings (SSSR count). The molecular formula is C10H12N4O2. The first-order chi connectivity index (χ1) is 7.68. The van der Waals surface area contributed by atoms with Gasteiger partial charge in [-0.05, 0) is 13.8 Å². The maximum absolute atomic E-state index is 11.8. The summed E-state index contributed by atoms with van der Waals surface area (Å²) in [5.74, 6) is 0.347. The summed E-state index contributed by atoms with van der Waals surface area (Å²) in [6, 6.07) is 0. The van der Waals surface area contributed by atoms with Gasteiger partial charge in [0.1, 0.15) is 11.3 Å². The molecule has 6 heteroatoms. The molecule has 0 aromatic carbocycles. The minimum atomic E-state index is -0.183. The van der Waals surface area contributed by atoms with E-state index in [1.165, 1.54) is 0 Å². The number of hydrogen-bond donors (Lipinski definition) is 2. The molecule has 0 radical (unpaired) electrons. The van der Waals surface area contributed by atoms with Crippen molar-refractivity contribution in [2.45, 2.75) is 20.4 Å². The van der Waals surface area contributed by atoms with Crippen molar-refractivity contribution >= 4 is 5.91 Å². The molecule has 2 heterocycles. The molecule has 0 aliphatic rings. The zero-order chi connectivity index (χ0) is 11.5.